The van der Waals surface area contributed by atoms with Crippen LogP contribution in [0.5, 0.6) is 0 Å². The zero-order chi connectivity index (χ0) is 11.6. The number of carbonyl (C=O) groups is 1. The fourth-order valence-electron chi connectivity index (χ4n) is 2.30. The first kappa shape index (κ1) is 12.5. The first-order valence-electron chi connectivity index (χ1n) is 5.99. The average molecular weight is 212 g/mol. The van der Waals surface area contributed by atoms with Gasteiger partial charge in [0.15, 0.2) is 0 Å². The Bertz CT molecular complexity index is 226. The highest BCUT2D eigenvalue weighted by molar-refractivity contribution is 5.84. The van der Waals surface area contributed by atoms with E-state index in [9.17, 15) is 4.79 Å². The molecule has 0 aromatic carbocycles. The lowest BCUT2D eigenvalue weighted by Gasteiger charge is -2.32. The average Bonchev–Trinajstić information content (AvgIpc) is 2.44. The molecule has 0 radical (unpaired) electrons. The van der Waals surface area contributed by atoms with E-state index in [1.165, 1.54) is 0 Å². The van der Waals surface area contributed by atoms with Gasteiger partial charge in [-0.1, -0.05) is 27.7 Å². The van der Waals surface area contributed by atoms with Gasteiger partial charge in [0.2, 0.25) is 5.91 Å². The van der Waals surface area contributed by atoms with Crippen LogP contribution < -0.4 is 5.73 Å². The van der Waals surface area contributed by atoms with Gasteiger partial charge >= 0.3 is 0 Å². The minimum atomic E-state index is -0.251. The zero-order valence-electron chi connectivity index (χ0n) is 10.4. The van der Waals surface area contributed by atoms with Gasteiger partial charge in [-0.05, 0) is 24.7 Å². The lowest BCUT2D eigenvalue weighted by Crippen LogP contribution is -2.44. The molecule has 2 N–H and O–H groups in total. The van der Waals surface area contributed by atoms with E-state index in [2.05, 4.69) is 27.7 Å². The van der Waals surface area contributed by atoms with Crippen molar-refractivity contribution in [3.8, 4) is 0 Å². The predicted molar refractivity (Wildman–Crippen MR) is 62.4 cm³/mol. The van der Waals surface area contributed by atoms with Crippen LogP contribution in [0.25, 0.3) is 0 Å². The molecule has 1 amide bonds. The summed E-state index contributed by atoms with van der Waals surface area (Å²) in [4.78, 5) is 13.8. The van der Waals surface area contributed by atoms with Crippen LogP contribution in [0.4, 0.5) is 0 Å². The Hall–Kier alpha value is -0.570. The van der Waals surface area contributed by atoms with E-state index in [1.54, 1.807) is 0 Å². The smallest absolute Gasteiger partial charge is 0.239 e. The first-order chi connectivity index (χ1) is 6.93. The maximum atomic E-state index is 11.8. The molecule has 0 aromatic rings. The number of hydrogen-bond donors (Lipinski definition) is 1. The molecule has 1 rings (SSSR count). The van der Waals surface area contributed by atoms with Crippen molar-refractivity contribution >= 4 is 5.91 Å². The molecule has 0 aromatic heterocycles. The van der Waals surface area contributed by atoms with Gasteiger partial charge in [-0.3, -0.25) is 4.79 Å². The highest BCUT2D eigenvalue weighted by Gasteiger charge is 2.34. The normalized spacial score (nSPS) is 24.3. The van der Waals surface area contributed by atoms with Gasteiger partial charge in [0, 0.05) is 12.6 Å². The van der Waals surface area contributed by atoms with E-state index in [-0.39, 0.29) is 11.9 Å². The molecule has 1 aliphatic heterocycles. The van der Waals surface area contributed by atoms with Crippen molar-refractivity contribution in [2.24, 2.45) is 17.6 Å². The van der Waals surface area contributed by atoms with E-state index in [0.29, 0.717) is 17.9 Å². The van der Waals surface area contributed by atoms with Crippen molar-refractivity contribution in [1.29, 1.82) is 0 Å². The van der Waals surface area contributed by atoms with Crippen LogP contribution in [0.15, 0.2) is 0 Å². The Morgan fingerprint density at radius 2 is 2.00 bits per heavy atom. The lowest BCUT2D eigenvalue weighted by atomic mass is 9.93. The van der Waals surface area contributed by atoms with Gasteiger partial charge < -0.3 is 10.6 Å². The van der Waals surface area contributed by atoms with E-state index in [1.807, 2.05) is 4.90 Å². The van der Waals surface area contributed by atoms with Crippen molar-refractivity contribution in [3.05, 3.63) is 0 Å². The van der Waals surface area contributed by atoms with Crippen LogP contribution in [0, 0.1) is 11.8 Å². The Morgan fingerprint density at radius 3 is 2.33 bits per heavy atom. The SMILES string of the molecule is CC(C)C[C@@H](C(C)C)N1CC[C@@H](N)C1=O. The van der Waals surface area contributed by atoms with Crippen LogP contribution in [-0.4, -0.2) is 29.4 Å². The zero-order valence-corrected chi connectivity index (χ0v) is 10.4. The minimum absolute atomic E-state index is 0.148. The monoisotopic (exact) mass is 212 g/mol. The van der Waals surface area contributed by atoms with E-state index < -0.39 is 0 Å². The molecule has 1 saturated heterocycles. The third kappa shape index (κ3) is 2.94. The van der Waals surface area contributed by atoms with Gasteiger partial charge in [0.1, 0.15) is 0 Å². The number of nitrogens with two attached hydrogens (primary N) is 1. The Balaban J connectivity index is 2.68. The molecule has 1 heterocycles. The second-order valence-corrected chi connectivity index (χ2v) is 5.37. The van der Waals surface area contributed by atoms with E-state index >= 15 is 0 Å². The molecular weight excluding hydrogens is 188 g/mol. The van der Waals surface area contributed by atoms with Crippen molar-refractivity contribution in [2.75, 3.05) is 6.54 Å². The highest BCUT2D eigenvalue weighted by atomic mass is 16.2. The van der Waals surface area contributed by atoms with Crippen molar-refractivity contribution in [3.63, 3.8) is 0 Å². The summed E-state index contributed by atoms with van der Waals surface area (Å²) < 4.78 is 0. The number of nitrogens with zero attached hydrogens (tertiary/aromatic N) is 1. The van der Waals surface area contributed by atoms with Crippen LogP contribution in [0.3, 0.4) is 0 Å². The van der Waals surface area contributed by atoms with Crippen molar-refractivity contribution in [1.82, 2.24) is 4.90 Å². The summed E-state index contributed by atoms with van der Waals surface area (Å²) in [7, 11) is 0. The van der Waals surface area contributed by atoms with Gasteiger partial charge in [-0.2, -0.15) is 0 Å². The van der Waals surface area contributed by atoms with Gasteiger partial charge in [0.25, 0.3) is 0 Å². The molecular formula is C12H24N2O. The second kappa shape index (κ2) is 4.97. The topological polar surface area (TPSA) is 46.3 Å². The van der Waals surface area contributed by atoms with Crippen LogP contribution in [0.2, 0.25) is 0 Å². The third-order valence-electron chi connectivity index (χ3n) is 3.16. The third-order valence-corrected chi connectivity index (χ3v) is 3.16. The quantitative estimate of drug-likeness (QED) is 0.769. The molecule has 0 saturated carbocycles. The summed E-state index contributed by atoms with van der Waals surface area (Å²) in [6.45, 7) is 9.62. The van der Waals surface area contributed by atoms with E-state index in [0.717, 1.165) is 19.4 Å². The maximum absolute atomic E-state index is 11.8. The fraction of sp³-hybridized carbons (Fsp3) is 0.917. The molecule has 3 heteroatoms. The largest absolute Gasteiger partial charge is 0.338 e. The molecule has 1 fully saturated rings. The summed E-state index contributed by atoms with van der Waals surface area (Å²) in [5.41, 5.74) is 5.75. The second-order valence-electron chi connectivity index (χ2n) is 5.37. The summed E-state index contributed by atoms with van der Waals surface area (Å²) in [6.07, 6.45) is 1.90. The molecule has 1 aliphatic rings. The standard InChI is InChI=1S/C12H24N2O/c1-8(2)7-11(9(3)4)14-6-5-10(13)12(14)15/h8-11H,5-7,13H2,1-4H3/t10-,11+/m1/s1. The number of hydrogen-bond acceptors (Lipinski definition) is 2. The van der Waals surface area contributed by atoms with Crippen LogP contribution >= 0.6 is 0 Å². The molecule has 15 heavy (non-hydrogen) atoms. The predicted octanol–water partition coefficient (Wildman–Crippen LogP) is 1.62. The Labute approximate surface area is 93.0 Å². The van der Waals surface area contributed by atoms with Gasteiger partial charge in [-0.25, -0.2) is 0 Å². The number of likely N-dealkylation sites (tertiary alicyclic amines) is 1. The highest BCUT2D eigenvalue weighted by Crippen LogP contribution is 2.23. The summed E-state index contributed by atoms with van der Waals surface area (Å²) in [6, 6.07) is 0.115. The van der Waals surface area contributed by atoms with Crippen molar-refractivity contribution < 1.29 is 4.79 Å². The van der Waals surface area contributed by atoms with Crippen LogP contribution in [0.1, 0.15) is 40.5 Å². The maximum Gasteiger partial charge on any atom is 0.239 e. The fourth-order valence-corrected chi connectivity index (χ4v) is 2.30. The molecule has 0 unspecified atom stereocenters. The van der Waals surface area contributed by atoms with Crippen LogP contribution in [-0.2, 0) is 4.79 Å². The Morgan fingerprint density at radius 1 is 1.40 bits per heavy atom. The molecule has 0 spiro atoms. The minimum Gasteiger partial charge on any atom is -0.338 e. The molecule has 0 aliphatic carbocycles. The van der Waals surface area contributed by atoms with Gasteiger partial charge in [0.05, 0.1) is 6.04 Å². The summed E-state index contributed by atoms with van der Waals surface area (Å²) >= 11 is 0. The Kier molecular flexibility index (Phi) is 4.14. The summed E-state index contributed by atoms with van der Waals surface area (Å²) in [5.74, 6) is 1.29. The molecule has 0 bridgehead atoms. The van der Waals surface area contributed by atoms with E-state index in [4.69, 9.17) is 5.73 Å². The molecule has 3 nitrogen and oxygen atoms in total. The number of carbonyl (C=O) groups excluding carboxylic acids is 1. The summed E-state index contributed by atoms with van der Waals surface area (Å²) in [5, 5.41) is 0. The van der Waals surface area contributed by atoms with Gasteiger partial charge in [-0.15, -0.1) is 0 Å². The molecule has 2 atom stereocenters. The lowest BCUT2D eigenvalue weighted by molar-refractivity contribution is -0.131. The first-order valence-corrected chi connectivity index (χ1v) is 5.99. The van der Waals surface area contributed by atoms with Crippen molar-refractivity contribution in [2.45, 2.75) is 52.6 Å². The number of amides is 1. The number of rotatable bonds is 4. The molecule has 88 valence electrons.